The molecule has 0 saturated carbocycles. The summed E-state index contributed by atoms with van der Waals surface area (Å²) in [7, 11) is 0. The summed E-state index contributed by atoms with van der Waals surface area (Å²) in [6, 6.07) is 11.9. The average Bonchev–Trinajstić information content (AvgIpc) is 3.30. The number of carbonyl (C=O) groups is 1. The Morgan fingerprint density at radius 3 is 2.71 bits per heavy atom. The van der Waals surface area contributed by atoms with E-state index < -0.39 is 0 Å². The lowest BCUT2D eigenvalue weighted by Gasteiger charge is -2.34. The molecule has 1 saturated heterocycles. The van der Waals surface area contributed by atoms with Crippen LogP contribution in [0, 0.1) is 0 Å². The molecule has 1 N–H and O–H groups in total. The summed E-state index contributed by atoms with van der Waals surface area (Å²) in [6.07, 6.45) is 4.68. The van der Waals surface area contributed by atoms with Gasteiger partial charge in [0, 0.05) is 49.8 Å². The number of aromatic amines is 1. The highest BCUT2D eigenvalue weighted by molar-refractivity contribution is 5.91. The molecule has 124 valence electrons. The molecule has 0 aliphatic carbocycles. The summed E-state index contributed by atoms with van der Waals surface area (Å²) in [5.41, 5.74) is 2.56. The molecule has 0 spiro atoms. The van der Waals surface area contributed by atoms with Gasteiger partial charge in [-0.05, 0) is 30.2 Å². The first kappa shape index (κ1) is 15.0. The molecule has 5 nitrogen and oxygen atoms in total. The van der Waals surface area contributed by atoms with Crippen LogP contribution in [0.25, 0.3) is 10.9 Å². The smallest absolute Gasteiger partial charge is 0.289 e. The Bertz CT molecular complexity index is 814. The van der Waals surface area contributed by atoms with E-state index in [0.717, 1.165) is 39.1 Å². The third-order valence-corrected chi connectivity index (χ3v) is 4.76. The fourth-order valence-electron chi connectivity index (χ4n) is 3.35. The number of amides is 1. The molecule has 4 rings (SSSR count). The molecule has 3 heterocycles. The Hall–Kier alpha value is -2.53. The van der Waals surface area contributed by atoms with Crippen molar-refractivity contribution in [1.29, 1.82) is 0 Å². The number of hydrogen-bond acceptors (Lipinski definition) is 3. The molecular formula is C19H21N3O2. The van der Waals surface area contributed by atoms with Crippen LogP contribution in [0.3, 0.4) is 0 Å². The third-order valence-electron chi connectivity index (χ3n) is 4.76. The predicted molar refractivity (Wildman–Crippen MR) is 93.1 cm³/mol. The van der Waals surface area contributed by atoms with Crippen LogP contribution in [-0.4, -0.2) is 53.4 Å². The minimum Gasteiger partial charge on any atom is -0.459 e. The standard InChI is InChI=1S/C19H21N3O2/c23-19(18-6-3-13-24-18)22-11-9-21(10-12-22)8-7-15-14-20-17-5-2-1-4-16(15)17/h1-6,13-14,20H,7-12H2. The summed E-state index contributed by atoms with van der Waals surface area (Å²) >= 11 is 0. The largest absolute Gasteiger partial charge is 0.459 e. The lowest BCUT2D eigenvalue weighted by molar-refractivity contribution is 0.0608. The molecule has 0 bridgehead atoms. The van der Waals surface area contributed by atoms with E-state index in [-0.39, 0.29) is 5.91 Å². The maximum absolute atomic E-state index is 12.3. The number of carbonyl (C=O) groups excluding carboxylic acids is 1. The molecule has 24 heavy (non-hydrogen) atoms. The van der Waals surface area contributed by atoms with Gasteiger partial charge in [0.05, 0.1) is 6.26 Å². The number of piperazine rings is 1. The van der Waals surface area contributed by atoms with E-state index in [1.54, 1.807) is 18.4 Å². The maximum atomic E-state index is 12.3. The van der Waals surface area contributed by atoms with Crippen LogP contribution in [-0.2, 0) is 6.42 Å². The number of benzene rings is 1. The summed E-state index contributed by atoms with van der Waals surface area (Å²) in [5, 5.41) is 1.31. The molecule has 1 aliphatic rings. The molecule has 0 radical (unpaired) electrons. The van der Waals surface area contributed by atoms with Gasteiger partial charge in [-0.1, -0.05) is 18.2 Å². The predicted octanol–water partition coefficient (Wildman–Crippen LogP) is 2.76. The van der Waals surface area contributed by atoms with Gasteiger partial charge >= 0.3 is 0 Å². The molecule has 5 heteroatoms. The maximum Gasteiger partial charge on any atom is 0.289 e. The summed E-state index contributed by atoms with van der Waals surface area (Å²) in [6.45, 7) is 4.36. The summed E-state index contributed by atoms with van der Waals surface area (Å²) in [4.78, 5) is 19.9. The zero-order chi connectivity index (χ0) is 16.4. The van der Waals surface area contributed by atoms with Crippen molar-refractivity contribution in [2.24, 2.45) is 0 Å². The second kappa shape index (κ2) is 6.53. The Morgan fingerprint density at radius 1 is 1.08 bits per heavy atom. The number of furan rings is 1. The number of nitrogens with one attached hydrogen (secondary N) is 1. The zero-order valence-corrected chi connectivity index (χ0v) is 13.6. The van der Waals surface area contributed by atoms with Crippen LogP contribution < -0.4 is 0 Å². The van der Waals surface area contributed by atoms with E-state index in [1.807, 2.05) is 4.90 Å². The van der Waals surface area contributed by atoms with Gasteiger partial charge < -0.3 is 14.3 Å². The van der Waals surface area contributed by atoms with Crippen molar-refractivity contribution in [1.82, 2.24) is 14.8 Å². The van der Waals surface area contributed by atoms with Crippen molar-refractivity contribution < 1.29 is 9.21 Å². The van der Waals surface area contributed by atoms with E-state index in [1.165, 1.54) is 16.5 Å². The monoisotopic (exact) mass is 323 g/mol. The fraction of sp³-hybridized carbons (Fsp3) is 0.316. The molecule has 3 aromatic rings. The zero-order valence-electron chi connectivity index (χ0n) is 13.6. The fourth-order valence-corrected chi connectivity index (χ4v) is 3.35. The molecule has 1 aromatic carbocycles. The van der Waals surface area contributed by atoms with Gasteiger partial charge in [0.15, 0.2) is 5.76 Å². The van der Waals surface area contributed by atoms with Crippen molar-refractivity contribution in [2.75, 3.05) is 32.7 Å². The first-order chi connectivity index (χ1) is 11.8. The molecule has 1 fully saturated rings. The second-order valence-electron chi connectivity index (χ2n) is 6.22. The summed E-state index contributed by atoms with van der Waals surface area (Å²) in [5.74, 6) is 0.429. The van der Waals surface area contributed by atoms with E-state index >= 15 is 0 Å². The first-order valence-electron chi connectivity index (χ1n) is 8.41. The van der Waals surface area contributed by atoms with Crippen molar-refractivity contribution in [3.8, 4) is 0 Å². The van der Waals surface area contributed by atoms with E-state index in [0.29, 0.717) is 5.76 Å². The van der Waals surface area contributed by atoms with Crippen molar-refractivity contribution in [3.05, 3.63) is 60.2 Å². The van der Waals surface area contributed by atoms with Crippen LogP contribution >= 0.6 is 0 Å². The van der Waals surface area contributed by atoms with Gasteiger partial charge in [-0.2, -0.15) is 0 Å². The average molecular weight is 323 g/mol. The van der Waals surface area contributed by atoms with Gasteiger partial charge in [-0.15, -0.1) is 0 Å². The van der Waals surface area contributed by atoms with E-state index in [4.69, 9.17) is 4.42 Å². The number of aromatic nitrogens is 1. The third kappa shape index (κ3) is 2.95. The van der Waals surface area contributed by atoms with E-state index in [2.05, 4.69) is 40.3 Å². The SMILES string of the molecule is O=C(c1ccco1)N1CCN(CCc2c[nH]c3ccccc23)CC1. The van der Waals surface area contributed by atoms with Crippen molar-refractivity contribution >= 4 is 16.8 Å². The Morgan fingerprint density at radius 2 is 1.92 bits per heavy atom. The number of rotatable bonds is 4. The number of nitrogens with zero attached hydrogens (tertiary/aromatic N) is 2. The Labute approximate surface area is 140 Å². The minimum absolute atomic E-state index is 0.00345. The Balaban J connectivity index is 1.31. The van der Waals surface area contributed by atoms with Crippen LogP contribution in [0.1, 0.15) is 16.1 Å². The topological polar surface area (TPSA) is 52.5 Å². The van der Waals surface area contributed by atoms with Gasteiger partial charge in [0.2, 0.25) is 0 Å². The molecule has 1 amide bonds. The van der Waals surface area contributed by atoms with Gasteiger partial charge in [0.25, 0.3) is 5.91 Å². The number of H-pyrrole nitrogens is 1. The number of para-hydroxylation sites is 1. The highest BCUT2D eigenvalue weighted by atomic mass is 16.3. The van der Waals surface area contributed by atoms with Crippen LogP contribution in [0.2, 0.25) is 0 Å². The normalized spacial score (nSPS) is 15.9. The molecule has 0 unspecified atom stereocenters. The lowest BCUT2D eigenvalue weighted by Crippen LogP contribution is -2.49. The Kier molecular flexibility index (Phi) is 4.09. The van der Waals surface area contributed by atoms with Crippen molar-refractivity contribution in [3.63, 3.8) is 0 Å². The molecule has 2 aromatic heterocycles. The quantitative estimate of drug-likeness (QED) is 0.803. The van der Waals surface area contributed by atoms with Gasteiger partial charge in [-0.3, -0.25) is 9.69 Å². The van der Waals surface area contributed by atoms with Crippen molar-refractivity contribution in [2.45, 2.75) is 6.42 Å². The van der Waals surface area contributed by atoms with Gasteiger partial charge in [-0.25, -0.2) is 0 Å². The van der Waals surface area contributed by atoms with Crippen LogP contribution in [0.15, 0.2) is 53.3 Å². The number of fused-ring (bicyclic) bond motifs is 1. The molecule has 1 aliphatic heterocycles. The minimum atomic E-state index is -0.00345. The van der Waals surface area contributed by atoms with E-state index in [9.17, 15) is 4.79 Å². The highest BCUT2D eigenvalue weighted by Crippen LogP contribution is 2.18. The number of hydrogen-bond donors (Lipinski definition) is 1. The summed E-state index contributed by atoms with van der Waals surface area (Å²) < 4.78 is 5.20. The van der Waals surface area contributed by atoms with Gasteiger partial charge in [0.1, 0.15) is 0 Å². The lowest BCUT2D eigenvalue weighted by atomic mass is 10.1. The molecular weight excluding hydrogens is 302 g/mol. The van der Waals surface area contributed by atoms with Crippen LogP contribution in [0.4, 0.5) is 0 Å². The molecule has 0 atom stereocenters. The first-order valence-corrected chi connectivity index (χ1v) is 8.41. The van der Waals surface area contributed by atoms with Crippen LogP contribution in [0.5, 0.6) is 0 Å². The second-order valence-corrected chi connectivity index (χ2v) is 6.22. The highest BCUT2D eigenvalue weighted by Gasteiger charge is 2.23.